The fourth-order valence-electron chi connectivity index (χ4n) is 8.63. The summed E-state index contributed by atoms with van der Waals surface area (Å²) >= 11 is 0. The number of likely N-dealkylation sites (tertiary alicyclic amines) is 1. The van der Waals surface area contributed by atoms with Crippen molar-refractivity contribution < 1.29 is 31.5 Å². The molecule has 2 aliphatic heterocycles. The summed E-state index contributed by atoms with van der Waals surface area (Å²) in [6.45, 7) is 3.52. The van der Waals surface area contributed by atoms with Gasteiger partial charge in [0.2, 0.25) is 5.91 Å². The summed E-state index contributed by atoms with van der Waals surface area (Å²) in [5.41, 5.74) is 0.963. The molecule has 0 atom stereocenters. The highest BCUT2D eigenvalue weighted by Crippen LogP contribution is 2.40. The Morgan fingerprint density at radius 1 is 0.967 bits per heavy atom. The molecule has 16 nitrogen and oxygen atoms in total. The number of hydrogen-bond donors (Lipinski definition) is 2. The molecule has 19 heteroatoms. The number of halogens is 2. The summed E-state index contributed by atoms with van der Waals surface area (Å²) in [6, 6.07) is 11.4. The van der Waals surface area contributed by atoms with E-state index in [0.717, 1.165) is 55.2 Å². The molecule has 4 heterocycles. The van der Waals surface area contributed by atoms with Crippen molar-refractivity contribution in [3.05, 3.63) is 81.9 Å². The molecule has 8 rings (SSSR count). The number of nitrogens with zero attached hydrogens (tertiary/aromatic N) is 8. The van der Waals surface area contributed by atoms with Gasteiger partial charge in [-0.1, -0.05) is 6.92 Å². The van der Waals surface area contributed by atoms with Crippen molar-refractivity contribution in [2.24, 2.45) is 7.05 Å². The Bertz CT molecular complexity index is 2740. The number of ether oxygens (including phenoxy) is 1. The van der Waals surface area contributed by atoms with Crippen LogP contribution in [-0.4, -0.2) is 88.2 Å². The minimum absolute atomic E-state index is 0.0288. The minimum atomic E-state index is -4.02. The quantitative estimate of drug-likeness (QED) is 0.178. The van der Waals surface area contributed by atoms with Crippen molar-refractivity contribution in [1.29, 1.82) is 5.26 Å². The Labute approximate surface area is 344 Å². The molecule has 2 saturated heterocycles. The van der Waals surface area contributed by atoms with Gasteiger partial charge >= 0.3 is 16.2 Å². The van der Waals surface area contributed by atoms with E-state index in [1.165, 1.54) is 30.1 Å². The number of piperidine rings is 1. The van der Waals surface area contributed by atoms with Crippen LogP contribution >= 0.6 is 0 Å². The van der Waals surface area contributed by atoms with E-state index in [2.05, 4.69) is 25.0 Å². The van der Waals surface area contributed by atoms with Gasteiger partial charge in [0.25, 0.3) is 5.56 Å². The molecule has 1 aliphatic carbocycles. The molecule has 5 aromatic rings. The molecule has 2 N–H and O–H groups in total. The molecule has 314 valence electrons. The lowest BCUT2D eigenvalue weighted by atomic mass is 9.80. The monoisotopic (exact) mass is 842 g/mol. The number of anilines is 2. The Hall–Kier alpha value is -5.97. The second-order valence-corrected chi connectivity index (χ2v) is 17.3. The number of benzene rings is 3. The lowest BCUT2D eigenvalue weighted by Gasteiger charge is -2.41. The molecule has 0 radical (unpaired) electrons. The lowest BCUT2D eigenvalue weighted by molar-refractivity contribution is -0.120. The summed E-state index contributed by atoms with van der Waals surface area (Å²) in [5, 5.41) is 17.5. The first-order chi connectivity index (χ1) is 28.8. The molecule has 3 amide bonds. The number of aryl methyl sites for hydroxylation is 1. The smallest absolute Gasteiger partial charge is 0.329 e. The predicted octanol–water partition coefficient (Wildman–Crippen LogP) is 5.64. The van der Waals surface area contributed by atoms with Crippen LogP contribution in [0.25, 0.3) is 21.8 Å². The van der Waals surface area contributed by atoms with Crippen LogP contribution in [0.1, 0.15) is 75.0 Å². The second kappa shape index (κ2) is 16.2. The molecule has 0 bridgehead atoms. The van der Waals surface area contributed by atoms with Gasteiger partial charge in [-0.25, -0.2) is 18.6 Å². The van der Waals surface area contributed by atoms with Crippen LogP contribution in [0.2, 0.25) is 0 Å². The fraction of sp³-hybridized carbons (Fsp3) is 0.415. The third kappa shape index (κ3) is 7.66. The SMILES string of the molecule is CCN(C)S(=O)(=O)Nc1ccc(F)c(Oc2ccc3ncn(C4CCN(C5CCC(c6cc7c(cc6F)c(N6CCC(=O)NC6=O)nn7C)CC5)CC4)c(=O)c3c2)c1C#N. The highest BCUT2D eigenvalue weighted by Gasteiger charge is 2.33. The molecule has 0 unspecified atom stereocenters. The molecule has 0 spiro atoms. The molecule has 3 aromatic carbocycles. The normalized spacial score (nSPS) is 19.5. The average Bonchev–Trinajstić information content (AvgIpc) is 3.55. The molecule has 2 aromatic heterocycles. The van der Waals surface area contributed by atoms with E-state index < -0.39 is 27.8 Å². The van der Waals surface area contributed by atoms with Gasteiger partial charge in [0.05, 0.1) is 28.4 Å². The maximum atomic E-state index is 15.8. The van der Waals surface area contributed by atoms with Gasteiger partial charge < -0.3 is 9.64 Å². The molecular formula is C41H44F2N10O6S. The van der Waals surface area contributed by atoms with E-state index >= 15 is 8.78 Å². The Balaban J connectivity index is 0.920. The van der Waals surface area contributed by atoms with Crippen LogP contribution in [0, 0.1) is 23.0 Å². The third-order valence-corrected chi connectivity index (χ3v) is 13.7. The van der Waals surface area contributed by atoms with Gasteiger partial charge in [-0.15, -0.1) is 0 Å². The van der Waals surface area contributed by atoms with E-state index in [4.69, 9.17) is 4.74 Å². The van der Waals surface area contributed by atoms with Crippen molar-refractivity contribution in [2.45, 2.75) is 69.9 Å². The zero-order chi connectivity index (χ0) is 42.5. The summed E-state index contributed by atoms with van der Waals surface area (Å²) in [4.78, 5) is 46.4. The molecule has 1 saturated carbocycles. The zero-order valence-corrected chi connectivity index (χ0v) is 34.1. The van der Waals surface area contributed by atoms with Gasteiger partial charge in [-0.3, -0.25) is 33.8 Å². The topological polar surface area (TPSA) is 188 Å². The van der Waals surface area contributed by atoms with E-state index in [1.54, 1.807) is 35.6 Å². The number of urea groups is 1. The Kier molecular flexibility index (Phi) is 11.0. The lowest BCUT2D eigenvalue weighted by Crippen LogP contribution is -2.49. The van der Waals surface area contributed by atoms with Crippen molar-refractivity contribution in [3.8, 4) is 17.6 Å². The number of carbonyl (C=O) groups excluding carboxylic acids is 2. The standard InChI is InChI=1S/C41H44F2N10O6S/c1-4-49(2)60(57,58)48-35-12-10-32(42)38(31(35)22-44)59-27-9-11-34-29(19-27)40(55)53(23-45-34)26-13-16-51(17-14-26)25-7-5-24(6-8-25)28-21-36-30(20-33(28)43)39(47-50(36)3)52-18-15-37(54)46-41(52)56/h9-12,19-21,23-26,48H,4-8,13-18H2,1-3H3,(H,46,54,56). The molecule has 3 fully saturated rings. The number of fused-ring (bicyclic) bond motifs is 2. The Morgan fingerprint density at radius 3 is 2.42 bits per heavy atom. The summed E-state index contributed by atoms with van der Waals surface area (Å²) in [6.07, 6.45) is 6.53. The highest BCUT2D eigenvalue weighted by atomic mass is 32.2. The van der Waals surface area contributed by atoms with Crippen LogP contribution < -0.4 is 25.2 Å². The van der Waals surface area contributed by atoms with Crippen LogP contribution in [0.5, 0.6) is 11.5 Å². The molecule has 60 heavy (non-hydrogen) atoms. The van der Waals surface area contributed by atoms with Crippen LogP contribution in [-0.2, 0) is 22.1 Å². The first kappa shape index (κ1) is 40.8. The highest BCUT2D eigenvalue weighted by molar-refractivity contribution is 7.90. The fourth-order valence-corrected chi connectivity index (χ4v) is 9.57. The van der Waals surface area contributed by atoms with Crippen LogP contribution in [0.4, 0.5) is 25.1 Å². The van der Waals surface area contributed by atoms with E-state index in [1.807, 2.05) is 12.1 Å². The number of imide groups is 1. The summed E-state index contributed by atoms with van der Waals surface area (Å²) < 4.78 is 68.6. The number of aromatic nitrogens is 4. The molecular weight excluding hydrogens is 799 g/mol. The van der Waals surface area contributed by atoms with Gasteiger partial charge in [0, 0.05) is 64.2 Å². The average molecular weight is 843 g/mol. The number of rotatable bonds is 10. The van der Waals surface area contributed by atoms with Crippen molar-refractivity contribution in [3.63, 3.8) is 0 Å². The van der Waals surface area contributed by atoms with Crippen molar-refractivity contribution >= 4 is 55.5 Å². The number of hydrogen-bond acceptors (Lipinski definition) is 10. The Morgan fingerprint density at radius 2 is 1.72 bits per heavy atom. The van der Waals surface area contributed by atoms with E-state index in [0.29, 0.717) is 46.7 Å². The second-order valence-electron chi connectivity index (χ2n) is 15.5. The number of carbonyl (C=O) groups is 2. The first-order valence-electron chi connectivity index (χ1n) is 19.9. The number of nitrogens with one attached hydrogen (secondary N) is 2. The maximum Gasteiger partial charge on any atom is 0.329 e. The van der Waals surface area contributed by atoms with Gasteiger partial charge in [-0.2, -0.15) is 23.1 Å². The summed E-state index contributed by atoms with van der Waals surface area (Å²) in [5.74, 6) is -1.64. The van der Waals surface area contributed by atoms with E-state index in [9.17, 15) is 28.1 Å². The maximum absolute atomic E-state index is 15.8. The third-order valence-electron chi connectivity index (χ3n) is 12.1. The number of nitriles is 1. The van der Waals surface area contributed by atoms with Gasteiger partial charge in [0.1, 0.15) is 23.2 Å². The molecule has 3 aliphatic rings. The van der Waals surface area contributed by atoms with Crippen LogP contribution in [0.15, 0.2) is 53.6 Å². The largest absolute Gasteiger partial charge is 0.453 e. The zero-order valence-electron chi connectivity index (χ0n) is 33.3. The van der Waals surface area contributed by atoms with Gasteiger partial charge in [0.15, 0.2) is 17.4 Å². The van der Waals surface area contributed by atoms with Gasteiger partial charge in [-0.05, 0) is 92.5 Å². The van der Waals surface area contributed by atoms with Crippen molar-refractivity contribution in [1.82, 2.24) is 33.9 Å². The number of amides is 3. The van der Waals surface area contributed by atoms with Crippen molar-refractivity contribution in [2.75, 3.05) is 42.8 Å². The predicted molar refractivity (Wildman–Crippen MR) is 219 cm³/mol. The minimum Gasteiger partial charge on any atom is -0.453 e. The van der Waals surface area contributed by atoms with E-state index in [-0.39, 0.29) is 71.1 Å². The van der Waals surface area contributed by atoms with Crippen LogP contribution in [0.3, 0.4) is 0 Å². The first-order valence-corrected chi connectivity index (χ1v) is 21.4. The summed E-state index contributed by atoms with van der Waals surface area (Å²) in [7, 11) is -0.896.